The van der Waals surface area contributed by atoms with Gasteiger partial charge >= 0.3 is 0 Å². The van der Waals surface area contributed by atoms with E-state index in [9.17, 15) is 0 Å². The van der Waals surface area contributed by atoms with E-state index in [1.807, 2.05) is 0 Å². The van der Waals surface area contributed by atoms with Gasteiger partial charge in [-0.25, -0.2) is 0 Å². The summed E-state index contributed by atoms with van der Waals surface area (Å²) in [4.78, 5) is 3.77. The maximum atomic E-state index is 3.77. The van der Waals surface area contributed by atoms with Gasteiger partial charge in [-0.2, -0.15) is 0 Å². The Morgan fingerprint density at radius 1 is 0.588 bits per heavy atom. The Bertz CT molecular complexity index is 1660. The lowest BCUT2D eigenvalue weighted by molar-refractivity contribution is 0.572. The van der Waals surface area contributed by atoms with Crippen LogP contribution in [0.25, 0.3) is 49.3 Å². The highest BCUT2D eigenvalue weighted by molar-refractivity contribution is 6.12. The fourth-order valence-corrected chi connectivity index (χ4v) is 5.35. The van der Waals surface area contributed by atoms with E-state index in [2.05, 4.69) is 130 Å². The first-order valence-electron chi connectivity index (χ1n) is 12.2. The molecule has 6 aromatic rings. The van der Waals surface area contributed by atoms with Crippen LogP contribution in [0.5, 0.6) is 0 Å². The minimum absolute atomic E-state index is 0.0516. The van der Waals surface area contributed by atoms with Crippen molar-refractivity contribution in [2.45, 2.75) is 52.4 Å². The third-order valence-electron chi connectivity index (χ3n) is 7.20. The van der Waals surface area contributed by atoms with E-state index in [4.69, 9.17) is 0 Å². The van der Waals surface area contributed by atoms with Crippen LogP contribution in [0.1, 0.15) is 52.7 Å². The number of nitrogens with zero attached hydrogens (tertiary/aromatic N) is 1. The summed E-state index contributed by atoms with van der Waals surface area (Å²) >= 11 is 0. The van der Waals surface area contributed by atoms with Crippen LogP contribution in [0.4, 0.5) is 0 Å². The number of aromatic nitrogens is 2. The number of nitrogens with one attached hydrogen (secondary N) is 1. The standard InChI is InChI=1S/C32H32N2/c1-31(2,3)20-17-25-24-19-21(15-16-27(24)33-30(25)26(18-20)32(4,5)6)34-28-13-9-7-11-22(28)23-12-8-10-14-29(23)34/h7-19,33H,1-6H3. The molecule has 0 saturated carbocycles. The molecule has 2 aromatic heterocycles. The van der Waals surface area contributed by atoms with Gasteiger partial charge in [-0.1, -0.05) is 84.0 Å². The van der Waals surface area contributed by atoms with Gasteiger partial charge in [0.2, 0.25) is 0 Å². The molecule has 34 heavy (non-hydrogen) atoms. The molecule has 0 aliphatic rings. The van der Waals surface area contributed by atoms with Crippen molar-refractivity contribution >= 4 is 43.6 Å². The molecular weight excluding hydrogens is 412 g/mol. The van der Waals surface area contributed by atoms with Crippen LogP contribution in [-0.2, 0) is 10.8 Å². The highest BCUT2D eigenvalue weighted by Crippen LogP contribution is 2.39. The van der Waals surface area contributed by atoms with E-state index >= 15 is 0 Å². The Morgan fingerprint density at radius 2 is 1.21 bits per heavy atom. The first-order valence-corrected chi connectivity index (χ1v) is 12.2. The lowest BCUT2D eigenvalue weighted by Crippen LogP contribution is -2.16. The topological polar surface area (TPSA) is 20.7 Å². The molecule has 2 nitrogen and oxygen atoms in total. The van der Waals surface area contributed by atoms with E-state index < -0.39 is 0 Å². The van der Waals surface area contributed by atoms with Gasteiger partial charge in [-0.3, -0.25) is 0 Å². The van der Waals surface area contributed by atoms with Crippen LogP contribution in [0, 0.1) is 0 Å². The average molecular weight is 445 g/mol. The van der Waals surface area contributed by atoms with Gasteiger partial charge in [-0.15, -0.1) is 0 Å². The highest BCUT2D eigenvalue weighted by atomic mass is 15.0. The molecule has 0 unspecified atom stereocenters. The number of H-pyrrole nitrogens is 1. The van der Waals surface area contributed by atoms with E-state index in [0.29, 0.717) is 0 Å². The number of hydrogen-bond donors (Lipinski definition) is 1. The van der Waals surface area contributed by atoms with Crippen LogP contribution in [-0.4, -0.2) is 9.55 Å². The summed E-state index contributed by atoms with van der Waals surface area (Å²) in [6, 6.07) is 29.1. The summed E-state index contributed by atoms with van der Waals surface area (Å²) < 4.78 is 2.40. The first kappa shape index (κ1) is 21.0. The number of hydrogen-bond acceptors (Lipinski definition) is 0. The highest BCUT2D eigenvalue weighted by Gasteiger charge is 2.24. The SMILES string of the molecule is CC(C)(C)c1cc(C(C)(C)C)c2[nH]c3ccc(-n4c5ccccc5c5ccccc54)cc3c2c1. The Hall–Kier alpha value is -3.52. The van der Waals surface area contributed by atoms with Gasteiger partial charge < -0.3 is 9.55 Å². The Labute approximate surface area is 201 Å². The maximum absolute atomic E-state index is 3.77. The average Bonchev–Trinajstić information content (AvgIpc) is 3.32. The number of rotatable bonds is 1. The fraction of sp³-hybridized carbons (Fsp3) is 0.250. The zero-order valence-corrected chi connectivity index (χ0v) is 21.0. The molecular formula is C32H32N2. The molecule has 0 amide bonds. The van der Waals surface area contributed by atoms with Crippen molar-refractivity contribution < 1.29 is 0 Å². The molecule has 1 N–H and O–H groups in total. The molecule has 170 valence electrons. The van der Waals surface area contributed by atoms with E-state index in [1.54, 1.807) is 0 Å². The summed E-state index contributed by atoms with van der Waals surface area (Å²) in [6.07, 6.45) is 0. The number of fused-ring (bicyclic) bond motifs is 6. The lowest BCUT2D eigenvalue weighted by atomic mass is 9.79. The van der Waals surface area contributed by atoms with Crippen LogP contribution >= 0.6 is 0 Å². The van der Waals surface area contributed by atoms with Crippen molar-refractivity contribution in [3.63, 3.8) is 0 Å². The zero-order chi connectivity index (χ0) is 23.8. The van der Waals surface area contributed by atoms with Crippen LogP contribution in [0.15, 0.2) is 78.9 Å². The fourth-order valence-electron chi connectivity index (χ4n) is 5.35. The van der Waals surface area contributed by atoms with Crippen molar-refractivity contribution in [2.24, 2.45) is 0 Å². The normalized spacial score (nSPS) is 13.0. The molecule has 0 aliphatic carbocycles. The second kappa shape index (κ2) is 6.99. The van der Waals surface area contributed by atoms with Crippen molar-refractivity contribution in [2.75, 3.05) is 0 Å². The third-order valence-corrected chi connectivity index (χ3v) is 7.20. The van der Waals surface area contributed by atoms with Crippen molar-refractivity contribution in [3.8, 4) is 5.69 Å². The third kappa shape index (κ3) is 3.09. The van der Waals surface area contributed by atoms with E-state index in [0.717, 1.165) is 0 Å². The van der Waals surface area contributed by atoms with Gasteiger partial charge in [0.05, 0.1) is 16.6 Å². The van der Waals surface area contributed by atoms with Gasteiger partial charge in [-0.05, 0) is 58.4 Å². The molecule has 2 heteroatoms. The predicted molar refractivity (Wildman–Crippen MR) is 148 cm³/mol. The minimum Gasteiger partial charge on any atom is -0.354 e. The number of aromatic amines is 1. The molecule has 0 aliphatic heterocycles. The minimum atomic E-state index is 0.0516. The van der Waals surface area contributed by atoms with Gasteiger partial charge in [0, 0.05) is 32.7 Å². The summed E-state index contributed by atoms with van der Waals surface area (Å²) in [5, 5.41) is 5.19. The Balaban J connectivity index is 1.71. The van der Waals surface area contributed by atoms with Crippen molar-refractivity contribution in [1.82, 2.24) is 9.55 Å². The van der Waals surface area contributed by atoms with Crippen molar-refractivity contribution in [3.05, 3.63) is 90.0 Å². The summed E-state index contributed by atoms with van der Waals surface area (Å²) in [6.45, 7) is 13.8. The monoisotopic (exact) mass is 444 g/mol. The van der Waals surface area contributed by atoms with Gasteiger partial charge in [0.15, 0.2) is 0 Å². The first-order chi connectivity index (χ1) is 16.1. The van der Waals surface area contributed by atoms with Gasteiger partial charge in [0.25, 0.3) is 0 Å². The Kier molecular flexibility index (Phi) is 4.33. The predicted octanol–water partition coefficient (Wildman–Crippen LogP) is 9.01. The molecule has 0 fully saturated rings. The lowest BCUT2D eigenvalue weighted by Gasteiger charge is -2.25. The molecule has 0 bridgehead atoms. The van der Waals surface area contributed by atoms with Crippen LogP contribution in [0.2, 0.25) is 0 Å². The molecule has 0 radical (unpaired) electrons. The molecule has 0 spiro atoms. The molecule has 0 atom stereocenters. The molecule has 4 aromatic carbocycles. The summed E-state index contributed by atoms with van der Waals surface area (Å²) in [5.74, 6) is 0. The largest absolute Gasteiger partial charge is 0.354 e. The molecule has 0 saturated heterocycles. The number of benzene rings is 4. The van der Waals surface area contributed by atoms with Crippen LogP contribution in [0.3, 0.4) is 0 Å². The van der Waals surface area contributed by atoms with Crippen LogP contribution < -0.4 is 0 Å². The zero-order valence-electron chi connectivity index (χ0n) is 21.0. The molecule has 6 rings (SSSR count). The smallest absolute Gasteiger partial charge is 0.0541 e. The van der Waals surface area contributed by atoms with Crippen molar-refractivity contribution in [1.29, 1.82) is 0 Å². The quantitative estimate of drug-likeness (QED) is 0.261. The summed E-state index contributed by atoms with van der Waals surface area (Å²) in [7, 11) is 0. The second-order valence-electron chi connectivity index (χ2n) is 11.7. The summed E-state index contributed by atoms with van der Waals surface area (Å²) in [5.41, 5.74) is 9.04. The van der Waals surface area contributed by atoms with Gasteiger partial charge in [0.1, 0.15) is 0 Å². The number of para-hydroxylation sites is 2. The Morgan fingerprint density at radius 3 is 1.79 bits per heavy atom. The second-order valence-corrected chi connectivity index (χ2v) is 11.7. The maximum Gasteiger partial charge on any atom is 0.0541 e. The van der Waals surface area contributed by atoms with E-state index in [-0.39, 0.29) is 10.8 Å². The molecule has 2 heterocycles. The van der Waals surface area contributed by atoms with E-state index in [1.165, 1.54) is 60.4 Å².